The van der Waals surface area contributed by atoms with E-state index in [1.54, 1.807) is 0 Å². The minimum absolute atomic E-state index is 0.598. The largest absolute Gasteiger partial charge is 0.456 e. The molecule has 0 spiro atoms. The number of hydrogen-bond donors (Lipinski definition) is 0. The lowest BCUT2D eigenvalue weighted by molar-refractivity contribution is 0.669. The van der Waals surface area contributed by atoms with Crippen LogP contribution in [0.15, 0.2) is 173 Å². The van der Waals surface area contributed by atoms with Crippen LogP contribution in [0, 0.1) is 11.3 Å². The maximum absolute atomic E-state index is 10.6. The highest BCUT2D eigenvalue weighted by Gasteiger charge is 2.20. The van der Waals surface area contributed by atoms with Crippen LogP contribution in [0.25, 0.3) is 110 Å². The Balaban J connectivity index is 0.988. The lowest BCUT2D eigenvalue weighted by Gasteiger charge is -2.13. The number of para-hydroxylation sites is 4. The number of aromatic nitrogens is 2. The first kappa shape index (κ1) is 29.1. The maximum atomic E-state index is 10.6. The number of hydrogen-bond acceptors (Lipinski definition) is 3. The van der Waals surface area contributed by atoms with E-state index in [-0.39, 0.29) is 0 Å². The lowest BCUT2D eigenvalue weighted by atomic mass is 10.0. The number of nitriles is 1. The average Bonchev–Trinajstić information content (AvgIpc) is 3.96. The van der Waals surface area contributed by atoms with Gasteiger partial charge in [0.1, 0.15) is 28.4 Å². The van der Waals surface area contributed by atoms with E-state index >= 15 is 0 Å². The summed E-state index contributed by atoms with van der Waals surface area (Å²) in [5, 5.41) is 19.7. The quantitative estimate of drug-likeness (QED) is 0.185. The molecule has 0 radical (unpaired) electrons. The van der Waals surface area contributed by atoms with Crippen molar-refractivity contribution in [2.45, 2.75) is 0 Å². The van der Waals surface area contributed by atoms with E-state index in [1.807, 2.05) is 36.4 Å². The van der Waals surface area contributed by atoms with Crippen LogP contribution in [0.3, 0.4) is 0 Å². The van der Waals surface area contributed by atoms with Gasteiger partial charge in [0, 0.05) is 60.9 Å². The van der Waals surface area contributed by atoms with E-state index < -0.39 is 0 Å². The van der Waals surface area contributed by atoms with Crippen molar-refractivity contribution in [3.8, 4) is 28.6 Å². The first-order chi connectivity index (χ1) is 26.7. The predicted molar refractivity (Wildman–Crippen MR) is 220 cm³/mol. The van der Waals surface area contributed by atoms with Crippen LogP contribution in [-0.4, -0.2) is 9.13 Å². The van der Waals surface area contributed by atoms with Crippen LogP contribution in [0.1, 0.15) is 5.56 Å². The third kappa shape index (κ3) is 3.97. The smallest absolute Gasteiger partial charge is 0.137 e. The van der Waals surface area contributed by atoms with Gasteiger partial charge in [-0.05, 0) is 71.8 Å². The van der Waals surface area contributed by atoms with Crippen molar-refractivity contribution in [1.82, 2.24) is 9.13 Å². The Kier molecular flexibility index (Phi) is 5.78. The van der Waals surface area contributed by atoms with Gasteiger partial charge in [0.05, 0.1) is 33.3 Å². The molecule has 0 N–H and O–H groups in total. The van der Waals surface area contributed by atoms with Gasteiger partial charge in [-0.3, -0.25) is 0 Å². The Hall–Kier alpha value is -7.55. The molecule has 0 saturated carbocycles. The Labute approximate surface area is 307 Å². The van der Waals surface area contributed by atoms with Gasteiger partial charge in [0.2, 0.25) is 0 Å². The molecule has 0 aliphatic heterocycles. The Morgan fingerprint density at radius 3 is 1.46 bits per heavy atom. The van der Waals surface area contributed by atoms with Crippen molar-refractivity contribution in [1.29, 1.82) is 5.26 Å². The van der Waals surface area contributed by atoms with E-state index in [4.69, 9.17) is 8.83 Å². The second-order valence-electron chi connectivity index (χ2n) is 14.0. The fourth-order valence-corrected chi connectivity index (χ4v) is 8.72. The minimum Gasteiger partial charge on any atom is -0.456 e. The fourth-order valence-electron chi connectivity index (χ4n) is 8.72. The Morgan fingerprint density at radius 2 is 0.870 bits per heavy atom. The van der Waals surface area contributed by atoms with Crippen LogP contribution >= 0.6 is 0 Å². The van der Waals surface area contributed by atoms with E-state index in [9.17, 15) is 5.26 Å². The summed E-state index contributed by atoms with van der Waals surface area (Å²) in [7, 11) is 0. The average molecular weight is 690 g/mol. The van der Waals surface area contributed by atoms with Crippen molar-refractivity contribution in [3.05, 3.63) is 169 Å². The molecule has 4 aromatic heterocycles. The van der Waals surface area contributed by atoms with Crippen LogP contribution in [0.4, 0.5) is 0 Å². The number of nitrogens with zero attached hydrogens (tertiary/aromatic N) is 3. The van der Waals surface area contributed by atoms with Gasteiger partial charge in [0.15, 0.2) is 0 Å². The van der Waals surface area contributed by atoms with Crippen LogP contribution in [0.5, 0.6) is 0 Å². The normalized spacial score (nSPS) is 12.1. The van der Waals surface area contributed by atoms with Crippen LogP contribution < -0.4 is 0 Å². The fraction of sp³-hybridized carbons (Fsp3) is 0. The second kappa shape index (κ2) is 10.7. The lowest BCUT2D eigenvalue weighted by Crippen LogP contribution is -1.98. The summed E-state index contributed by atoms with van der Waals surface area (Å²) in [4.78, 5) is 0. The molecule has 0 bridgehead atoms. The van der Waals surface area contributed by atoms with Crippen molar-refractivity contribution in [2.24, 2.45) is 0 Å². The molecular weight excluding hydrogens is 663 g/mol. The number of fused-ring (bicyclic) bond motifs is 12. The van der Waals surface area contributed by atoms with E-state index in [0.717, 1.165) is 99.2 Å². The molecule has 12 rings (SSSR count). The molecule has 5 heteroatoms. The molecule has 0 saturated heterocycles. The zero-order valence-corrected chi connectivity index (χ0v) is 28.7. The zero-order valence-electron chi connectivity index (χ0n) is 28.7. The third-order valence-corrected chi connectivity index (χ3v) is 11.2. The van der Waals surface area contributed by atoms with Gasteiger partial charge in [-0.2, -0.15) is 5.26 Å². The van der Waals surface area contributed by atoms with Gasteiger partial charge < -0.3 is 18.0 Å². The monoisotopic (exact) mass is 689 g/mol. The van der Waals surface area contributed by atoms with Gasteiger partial charge in [-0.25, -0.2) is 0 Å². The van der Waals surface area contributed by atoms with E-state index in [0.29, 0.717) is 5.56 Å². The van der Waals surface area contributed by atoms with Crippen molar-refractivity contribution in [3.63, 3.8) is 0 Å². The zero-order chi connectivity index (χ0) is 35.5. The molecule has 12 aromatic rings. The van der Waals surface area contributed by atoms with Crippen LogP contribution in [-0.2, 0) is 0 Å². The minimum atomic E-state index is 0.598. The summed E-state index contributed by atoms with van der Waals surface area (Å²) in [6, 6.07) is 59.4. The first-order valence-electron chi connectivity index (χ1n) is 18.1. The highest BCUT2D eigenvalue weighted by Crippen LogP contribution is 2.41. The molecule has 0 amide bonds. The summed E-state index contributed by atoms with van der Waals surface area (Å²) in [6.07, 6.45) is 0. The topological polar surface area (TPSA) is 59.9 Å². The predicted octanol–water partition coefficient (Wildman–Crippen LogP) is 13.2. The molecule has 0 fully saturated rings. The molecular formula is C49H27N3O2. The summed E-state index contributed by atoms with van der Waals surface area (Å²) < 4.78 is 17.1. The van der Waals surface area contributed by atoms with Crippen molar-refractivity contribution >= 4 is 87.5 Å². The highest BCUT2D eigenvalue weighted by atomic mass is 16.3. The molecule has 0 atom stereocenters. The maximum Gasteiger partial charge on any atom is 0.137 e. The first-order valence-corrected chi connectivity index (χ1v) is 18.1. The van der Waals surface area contributed by atoms with E-state index in [1.165, 1.54) is 10.8 Å². The molecule has 250 valence electrons. The van der Waals surface area contributed by atoms with Crippen molar-refractivity contribution < 1.29 is 8.83 Å². The molecule has 0 aliphatic carbocycles. The van der Waals surface area contributed by atoms with Gasteiger partial charge >= 0.3 is 0 Å². The Morgan fingerprint density at radius 1 is 0.370 bits per heavy atom. The molecule has 0 unspecified atom stereocenters. The Bertz CT molecular complexity index is 3570. The molecule has 54 heavy (non-hydrogen) atoms. The molecule has 4 heterocycles. The molecule has 8 aromatic carbocycles. The molecule has 5 nitrogen and oxygen atoms in total. The second-order valence-corrected chi connectivity index (χ2v) is 14.0. The SMILES string of the molecule is N#Cc1cc(-c2ccc(-n3c4ccccc4c4cc5c(cc43)oc3ccccc35)cc2)ccc1-n1c2ccccc2c2cc3c(cc21)oc1ccccc13. The van der Waals surface area contributed by atoms with Gasteiger partial charge in [-0.15, -0.1) is 0 Å². The number of benzene rings is 8. The van der Waals surface area contributed by atoms with E-state index in [2.05, 4.69) is 143 Å². The molecule has 0 aliphatic rings. The summed E-state index contributed by atoms with van der Waals surface area (Å²) in [5.74, 6) is 0. The van der Waals surface area contributed by atoms with Gasteiger partial charge in [-0.1, -0.05) is 91.0 Å². The van der Waals surface area contributed by atoms with Gasteiger partial charge in [0.25, 0.3) is 0 Å². The highest BCUT2D eigenvalue weighted by molar-refractivity contribution is 6.18. The summed E-state index contributed by atoms with van der Waals surface area (Å²) in [5.41, 5.74) is 12.2. The number of furan rings is 2. The number of rotatable bonds is 3. The standard InChI is InChI=1S/C49H27N3O2/c50-28-31-23-30(19-22-41(31)52-43-14-6-2-10-34(43)38-25-40-36-12-4-8-16-47(36)54-49(40)27-45(38)52)29-17-20-32(21-18-29)51-42-13-5-1-9-33(42)37-24-39-35-11-3-7-15-46(35)53-48(39)26-44(37)51/h1-27H. The van der Waals surface area contributed by atoms with Crippen molar-refractivity contribution in [2.75, 3.05) is 0 Å². The summed E-state index contributed by atoms with van der Waals surface area (Å²) in [6.45, 7) is 0. The van der Waals surface area contributed by atoms with Crippen LogP contribution in [0.2, 0.25) is 0 Å². The third-order valence-electron chi connectivity index (χ3n) is 11.2. The summed E-state index contributed by atoms with van der Waals surface area (Å²) >= 11 is 0.